The third-order valence-corrected chi connectivity index (χ3v) is 3.26. The molecule has 0 saturated heterocycles. The summed E-state index contributed by atoms with van der Waals surface area (Å²) < 4.78 is 7.35. The average Bonchev–Trinajstić information content (AvgIpc) is 2.79. The molecule has 1 aliphatic heterocycles. The SMILES string of the molecule is C=CCC1=[N+](CCC(=O)O)CCN1CCOCCC(=O)O.[Na+].[Na+].[OH-].[OH-].[OH-]. The summed E-state index contributed by atoms with van der Waals surface area (Å²) in [6, 6.07) is 0. The molecular formula is C14H26N2Na2O8. The molecule has 0 aromatic rings. The van der Waals surface area contributed by atoms with Gasteiger partial charge in [-0.25, -0.2) is 0 Å². The van der Waals surface area contributed by atoms with Crippen LogP contribution >= 0.6 is 0 Å². The summed E-state index contributed by atoms with van der Waals surface area (Å²) in [5.41, 5.74) is 0. The number of carboxylic acid groups (broad SMARTS) is 2. The molecule has 26 heavy (non-hydrogen) atoms. The van der Waals surface area contributed by atoms with E-state index in [4.69, 9.17) is 14.9 Å². The maximum Gasteiger partial charge on any atom is 1.00 e. The van der Waals surface area contributed by atoms with Gasteiger partial charge in [0.25, 0.3) is 5.84 Å². The summed E-state index contributed by atoms with van der Waals surface area (Å²) in [7, 11) is 0. The van der Waals surface area contributed by atoms with Gasteiger partial charge in [-0.05, 0) is 0 Å². The van der Waals surface area contributed by atoms with Gasteiger partial charge in [0.1, 0.15) is 19.6 Å². The van der Waals surface area contributed by atoms with E-state index in [-0.39, 0.29) is 95.0 Å². The van der Waals surface area contributed by atoms with Crippen molar-refractivity contribution in [3.63, 3.8) is 0 Å². The molecule has 10 nitrogen and oxygen atoms in total. The van der Waals surface area contributed by atoms with Gasteiger partial charge in [0, 0.05) is 0 Å². The molecule has 0 unspecified atom stereocenters. The standard InChI is InChI=1S/C14H22N2O5.2Na.3H2O/c1-2-3-12-15(6-4-13(17)18)7-8-16(12)9-11-21-10-5-14(19)20;;;;;/h2H,1,3-11H2,(H-,17,18,19,20);;;3*1H2/q;2*+1;;;/p-2. The quantitative estimate of drug-likeness (QED) is 0.149. The summed E-state index contributed by atoms with van der Waals surface area (Å²) >= 11 is 0. The van der Waals surface area contributed by atoms with Gasteiger partial charge < -0.3 is 31.4 Å². The molecule has 1 rings (SSSR count). The maximum atomic E-state index is 10.7. The van der Waals surface area contributed by atoms with E-state index in [0.717, 1.165) is 18.9 Å². The molecule has 0 fully saturated rings. The van der Waals surface area contributed by atoms with Crippen LogP contribution in [0.1, 0.15) is 19.3 Å². The van der Waals surface area contributed by atoms with E-state index in [1.165, 1.54) is 0 Å². The molecule has 0 bridgehead atoms. The molecule has 0 spiro atoms. The van der Waals surface area contributed by atoms with Crippen LogP contribution in [-0.4, -0.2) is 93.3 Å². The van der Waals surface area contributed by atoms with E-state index in [1.807, 2.05) is 0 Å². The van der Waals surface area contributed by atoms with Gasteiger partial charge in [0.05, 0.1) is 39.0 Å². The fourth-order valence-corrected chi connectivity index (χ4v) is 2.24. The Morgan fingerprint density at radius 2 is 1.69 bits per heavy atom. The first-order valence-corrected chi connectivity index (χ1v) is 7.02. The zero-order valence-electron chi connectivity index (χ0n) is 15.5. The van der Waals surface area contributed by atoms with Crippen molar-refractivity contribution in [1.82, 2.24) is 4.90 Å². The van der Waals surface area contributed by atoms with Crippen LogP contribution in [0.3, 0.4) is 0 Å². The van der Waals surface area contributed by atoms with Crippen LogP contribution in [0.15, 0.2) is 12.7 Å². The first-order chi connectivity index (χ1) is 10.0. The van der Waals surface area contributed by atoms with Gasteiger partial charge in [0.15, 0.2) is 0 Å². The first-order valence-electron chi connectivity index (χ1n) is 7.02. The Bertz CT molecular complexity index is 435. The van der Waals surface area contributed by atoms with Crippen LogP contribution in [0.2, 0.25) is 0 Å². The van der Waals surface area contributed by atoms with E-state index >= 15 is 0 Å². The zero-order valence-corrected chi connectivity index (χ0v) is 19.5. The molecule has 0 radical (unpaired) electrons. The van der Waals surface area contributed by atoms with Crippen LogP contribution in [0.25, 0.3) is 0 Å². The molecule has 1 aliphatic rings. The van der Waals surface area contributed by atoms with Crippen LogP contribution in [-0.2, 0) is 14.3 Å². The van der Waals surface area contributed by atoms with E-state index in [2.05, 4.69) is 16.1 Å². The molecule has 0 aromatic heterocycles. The van der Waals surface area contributed by atoms with Gasteiger partial charge in [-0.2, -0.15) is 0 Å². The second kappa shape index (κ2) is 21.3. The number of carbonyl (C=O) groups is 2. The minimum Gasteiger partial charge on any atom is -0.870 e. The monoisotopic (exact) mass is 396 g/mol. The third kappa shape index (κ3) is 15.1. The van der Waals surface area contributed by atoms with Crippen molar-refractivity contribution in [2.24, 2.45) is 0 Å². The van der Waals surface area contributed by atoms with Crippen molar-refractivity contribution in [2.45, 2.75) is 19.3 Å². The Balaban J connectivity index is -0.000000294. The van der Waals surface area contributed by atoms with Crippen molar-refractivity contribution in [3.8, 4) is 0 Å². The predicted molar refractivity (Wildman–Crippen MR) is 82.5 cm³/mol. The van der Waals surface area contributed by atoms with Crippen LogP contribution in [0.4, 0.5) is 0 Å². The van der Waals surface area contributed by atoms with E-state index in [9.17, 15) is 9.59 Å². The van der Waals surface area contributed by atoms with Crippen molar-refractivity contribution in [2.75, 3.05) is 39.4 Å². The smallest absolute Gasteiger partial charge is 0.870 e. The second-order valence-electron chi connectivity index (χ2n) is 4.78. The van der Waals surface area contributed by atoms with Crippen LogP contribution in [0, 0.1) is 0 Å². The topological polar surface area (TPSA) is 180 Å². The van der Waals surface area contributed by atoms with Gasteiger partial charge in [-0.15, -0.1) is 6.58 Å². The molecular weight excluding hydrogens is 370 g/mol. The Labute approximate surface area is 197 Å². The van der Waals surface area contributed by atoms with E-state index in [0.29, 0.717) is 26.1 Å². The van der Waals surface area contributed by atoms with Crippen LogP contribution < -0.4 is 59.1 Å². The Morgan fingerprint density at radius 3 is 2.19 bits per heavy atom. The minimum absolute atomic E-state index is 0. The summed E-state index contributed by atoms with van der Waals surface area (Å²) in [5, 5.41) is 17.3. The average molecular weight is 396 g/mol. The third-order valence-electron chi connectivity index (χ3n) is 3.26. The van der Waals surface area contributed by atoms with Crippen molar-refractivity contribution in [1.29, 1.82) is 0 Å². The molecule has 0 aliphatic carbocycles. The van der Waals surface area contributed by atoms with Crippen molar-refractivity contribution >= 4 is 17.8 Å². The molecule has 0 aromatic carbocycles. The molecule has 0 atom stereocenters. The first kappa shape index (κ1) is 36.8. The number of hydrogen-bond donors (Lipinski definition) is 2. The van der Waals surface area contributed by atoms with Gasteiger partial charge >= 0.3 is 71.1 Å². The Hall–Kier alpha value is -0.0100. The van der Waals surface area contributed by atoms with Crippen molar-refractivity contribution < 1.29 is 105 Å². The van der Waals surface area contributed by atoms with Gasteiger partial charge in [-0.1, -0.05) is 6.08 Å². The number of ether oxygens (including phenoxy) is 1. The molecule has 12 heteroatoms. The van der Waals surface area contributed by atoms with Crippen LogP contribution in [0.5, 0.6) is 0 Å². The summed E-state index contributed by atoms with van der Waals surface area (Å²) in [5.74, 6) is -0.605. The number of amidine groups is 1. The number of hydrogen-bond acceptors (Lipinski definition) is 7. The second-order valence-corrected chi connectivity index (χ2v) is 4.78. The zero-order chi connectivity index (χ0) is 15.7. The number of carboxylic acids is 2. The number of rotatable bonds is 11. The van der Waals surface area contributed by atoms with Gasteiger partial charge in [0.2, 0.25) is 0 Å². The van der Waals surface area contributed by atoms with E-state index in [1.54, 1.807) is 6.08 Å². The predicted octanol–water partition coefficient (Wildman–Crippen LogP) is -6.27. The number of aliphatic carboxylic acids is 2. The summed E-state index contributed by atoms with van der Waals surface area (Å²) in [6.45, 7) is 7.19. The Morgan fingerprint density at radius 1 is 1.12 bits per heavy atom. The Kier molecular flexibility index (Phi) is 30.2. The van der Waals surface area contributed by atoms with Crippen molar-refractivity contribution in [3.05, 3.63) is 12.7 Å². The van der Waals surface area contributed by atoms with E-state index < -0.39 is 11.9 Å². The summed E-state index contributed by atoms with van der Waals surface area (Å²) in [4.78, 5) is 23.2. The molecule has 0 amide bonds. The molecule has 142 valence electrons. The minimum atomic E-state index is -0.866. The van der Waals surface area contributed by atoms with Gasteiger partial charge in [-0.3, -0.25) is 19.1 Å². The molecule has 1 heterocycles. The summed E-state index contributed by atoms with van der Waals surface area (Å²) in [6.07, 6.45) is 2.61. The largest absolute Gasteiger partial charge is 1.00 e. The molecule has 0 saturated carbocycles. The normalized spacial score (nSPS) is 11.8. The fraction of sp³-hybridized carbons (Fsp3) is 0.643. The molecule has 5 N–H and O–H groups in total. The number of nitrogens with zero attached hydrogens (tertiary/aromatic N) is 2. The maximum absolute atomic E-state index is 10.7. The fourth-order valence-electron chi connectivity index (χ4n) is 2.24.